The number of aromatic hydroxyl groups is 1. The highest BCUT2D eigenvalue weighted by Gasteiger charge is 2.26. The van der Waals surface area contributed by atoms with Gasteiger partial charge in [0.25, 0.3) is 0 Å². The Hall–Kier alpha value is -0.520. The lowest BCUT2D eigenvalue weighted by molar-refractivity contribution is 0.109. The van der Waals surface area contributed by atoms with Crippen LogP contribution in [0.1, 0.15) is 11.6 Å². The van der Waals surface area contributed by atoms with E-state index in [9.17, 15) is 10.2 Å². The van der Waals surface area contributed by atoms with Crippen molar-refractivity contribution < 1.29 is 10.2 Å². The number of aliphatic hydroxyl groups excluding tert-OH is 1. The first-order valence-corrected chi connectivity index (χ1v) is 6.62. The van der Waals surface area contributed by atoms with E-state index < -0.39 is 0 Å². The first-order chi connectivity index (χ1) is 8.63. The third-order valence-corrected chi connectivity index (χ3v) is 3.70. The third kappa shape index (κ3) is 2.90. The number of nitrogens with zero attached hydrogens (tertiary/aromatic N) is 1. The van der Waals surface area contributed by atoms with Gasteiger partial charge in [0.1, 0.15) is 5.75 Å². The normalized spacial score (nSPS) is 18.8. The Morgan fingerprint density at radius 1 is 1.28 bits per heavy atom. The fourth-order valence-electron chi connectivity index (χ4n) is 2.28. The molecule has 0 spiro atoms. The molecule has 1 aromatic carbocycles. The summed E-state index contributed by atoms with van der Waals surface area (Å²) in [6.07, 6.45) is 0. The molecule has 1 aromatic rings. The average Bonchev–Trinajstić information content (AvgIpc) is 2.34. The summed E-state index contributed by atoms with van der Waals surface area (Å²) in [5.74, 6) is 0.0325. The Morgan fingerprint density at radius 3 is 2.50 bits per heavy atom. The van der Waals surface area contributed by atoms with E-state index in [0.29, 0.717) is 15.6 Å². The van der Waals surface area contributed by atoms with Gasteiger partial charge in [-0.05, 0) is 12.1 Å². The van der Waals surface area contributed by atoms with Crippen molar-refractivity contribution >= 4 is 23.2 Å². The standard InChI is InChI=1S/C12H16Cl2N2O2/c13-8-5-9(14)12(11(18)6-8)10(7-17)16-3-1-15-2-4-16/h5-6,10,15,17-18H,1-4,7H2/t10-/m0/s1. The van der Waals surface area contributed by atoms with Gasteiger partial charge in [-0.3, -0.25) is 4.90 Å². The number of hydrogen-bond acceptors (Lipinski definition) is 4. The molecular formula is C12H16Cl2N2O2. The smallest absolute Gasteiger partial charge is 0.123 e. The topological polar surface area (TPSA) is 55.7 Å². The van der Waals surface area contributed by atoms with Crippen LogP contribution in [0.15, 0.2) is 12.1 Å². The van der Waals surface area contributed by atoms with E-state index in [1.807, 2.05) is 0 Å². The Kier molecular flexibility index (Phi) is 4.70. The Bertz CT molecular complexity index is 400. The molecule has 0 bridgehead atoms. The molecule has 1 aliphatic rings. The summed E-state index contributed by atoms with van der Waals surface area (Å²) in [5, 5.41) is 23.6. The molecule has 0 saturated carbocycles. The van der Waals surface area contributed by atoms with E-state index in [1.165, 1.54) is 6.07 Å². The van der Waals surface area contributed by atoms with Gasteiger partial charge in [0.2, 0.25) is 0 Å². The van der Waals surface area contributed by atoms with Gasteiger partial charge in [-0.25, -0.2) is 0 Å². The first-order valence-electron chi connectivity index (χ1n) is 5.87. The molecule has 0 aliphatic carbocycles. The maximum absolute atomic E-state index is 9.98. The Balaban J connectivity index is 2.32. The monoisotopic (exact) mass is 290 g/mol. The van der Waals surface area contributed by atoms with E-state index in [0.717, 1.165) is 26.2 Å². The van der Waals surface area contributed by atoms with Crippen molar-refractivity contribution in [3.8, 4) is 5.75 Å². The summed E-state index contributed by atoms with van der Waals surface area (Å²) in [6.45, 7) is 3.26. The number of piperazine rings is 1. The molecule has 3 N–H and O–H groups in total. The molecule has 18 heavy (non-hydrogen) atoms. The van der Waals surface area contributed by atoms with Gasteiger partial charge >= 0.3 is 0 Å². The average molecular weight is 291 g/mol. The highest BCUT2D eigenvalue weighted by molar-refractivity contribution is 6.35. The number of benzene rings is 1. The van der Waals surface area contributed by atoms with E-state index in [-0.39, 0.29) is 18.4 Å². The van der Waals surface area contributed by atoms with Crippen LogP contribution in [0, 0.1) is 0 Å². The molecule has 1 aliphatic heterocycles. The predicted molar refractivity (Wildman–Crippen MR) is 72.4 cm³/mol. The molecule has 0 unspecified atom stereocenters. The van der Waals surface area contributed by atoms with Crippen LogP contribution in [0.4, 0.5) is 0 Å². The number of halogens is 2. The zero-order chi connectivity index (χ0) is 13.1. The van der Waals surface area contributed by atoms with Gasteiger partial charge in [-0.1, -0.05) is 23.2 Å². The van der Waals surface area contributed by atoms with E-state index in [4.69, 9.17) is 23.2 Å². The second-order valence-electron chi connectivity index (χ2n) is 4.30. The van der Waals surface area contributed by atoms with Gasteiger partial charge in [-0.15, -0.1) is 0 Å². The zero-order valence-corrected chi connectivity index (χ0v) is 11.4. The van der Waals surface area contributed by atoms with Gasteiger partial charge in [0, 0.05) is 36.8 Å². The predicted octanol–water partition coefficient (Wildman–Crippen LogP) is 1.64. The van der Waals surface area contributed by atoms with Crippen LogP contribution in [0.2, 0.25) is 10.0 Å². The van der Waals surface area contributed by atoms with Gasteiger partial charge in [0.15, 0.2) is 0 Å². The fraction of sp³-hybridized carbons (Fsp3) is 0.500. The lowest BCUT2D eigenvalue weighted by atomic mass is 10.0. The molecule has 2 rings (SSSR count). The van der Waals surface area contributed by atoms with Crippen molar-refractivity contribution in [1.82, 2.24) is 10.2 Å². The highest BCUT2D eigenvalue weighted by atomic mass is 35.5. The lowest BCUT2D eigenvalue weighted by Crippen LogP contribution is -2.46. The number of phenols is 1. The molecule has 0 amide bonds. The van der Waals surface area contributed by atoms with Crippen LogP contribution >= 0.6 is 23.2 Å². The Labute approximate surface area is 116 Å². The second-order valence-corrected chi connectivity index (χ2v) is 5.15. The molecule has 1 saturated heterocycles. The molecule has 6 heteroatoms. The Morgan fingerprint density at radius 2 is 1.94 bits per heavy atom. The van der Waals surface area contributed by atoms with E-state index in [2.05, 4.69) is 10.2 Å². The van der Waals surface area contributed by atoms with Crippen LogP contribution in [0.5, 0.6) is 5.75 Å². The molecule has 1 heterocycles. The minimum atomic E-state index is -0.295. The van der Waals surface area contributed by atoms with Gasteiger partial charge < -0.3 is 15.5 Å². The first kappa shape index (κ1) is 13.9. The zero-order valence-electron chi connectivity index (χ0n) is 9.87. The largest absolute Gasteiger partial charge is 0.507 e. The minimum Gasteiger partial charge on any atom is -0.507 e. The summed E-state index contributed by atoms with van der Waals surface area (Å²) in [5.41, 5.74) is 0.547. The molecule has 4 nitrogen and oxygen atoms in total. The maximum atomic E-state index is 9.98. The van der Waals surface area contributed by atoms with E-state index >= 15 is 0 Å². The highest BCUT2D eigenvalue weighted by Crippen LogP contribution is 2.37. The molecule has 0 radical (unpaired) electrons. The summed E-state index contributed by atoms with van der Waals surface area (Å²) in [7, 11) is 0. The number of phenolic OH excluding ortho intramolecular Hbond substituents is 1. The quantitative estimate of drug-likeness (QED) is 0.792. The SMILES string of the molecule is OC[C@@H](c1c(O)cc(Cl)cc1Cl)N1CCNCC1. The number of hydrogen-bond donors (Lipinski definition) is 3. The van der Waals surface area contributed by atoms with Crippen LogP contribution in [-0.2, 0) is 0 Å². The lowest BCUT2D eigenvalue weighted by Gasteiger charge is -2.34. The molecule has 1 fully saturated rings. The van der Waals surface area contributed by atoms with Crippen molar-refractivity contribution in [3.63, 3.8) is 0 Å². The molecule has 0 aromatic heterocycles. The van der Waals surface area contributed by atoms with Crippen LogP contribution in [-0.4, -0.2) is 47.9 Å². The van der Waals surface area contributed by atoms with Crippen LogP contribution in [0.3, 0.4) is 0 Å². The molecule has 100 valence electrons. The minimum absolute atomic E-state index is 0.0325. The van der Waals surface area contributed by atoms with Gasteiger partial charge in [0.05, 0.1) is 17.7 Å². The summed E-state index contributed by atoms with van der Waals surface area (Å²) >= 11 is 12.0. The molecular weight excluding hydrogens is 275 g/mol. The van der Waals surface area contributed by atoms with E-state index in [1.54, 1.807) is 6.07 Å². The van der Waals surface area contributed by atoms with Crippen molar-refractivity contribution in [3.05, 3.63) is 27.7 Å². The summed E-state index contributed by atoms with van der Waals surface area (Å²) in [6, 6.07) is 2.74. The molecule has 1 atom stereocenters. The second kappa shape index (κ2) is 6.08. The number of aliphatic hydroxyl groups is 1. The van der Waals surface area contributed by atoms with Crippen LogP contribution < -0.4 is 5.32 Å². The summed E-state index contributed by atoms with van der Waals surface area (Å²) < 4.78 is 0. The fourth-order valence-corrected chi connectivity index (χ4v) is 2.89. The van der Waals surface area contributed by atoms with Gasteiger partial charge in [-0.2, -0.15) is 0 Å². The van der Waals surface area contributed by atoms with Crippen molar-refractivity contribution in [2.45, 2.75) is 6.04 Å². The number of rotatable bonds is 3. The maximum Gasteiger partial charge on any atom is 0.123 e. The van der Waals surface area contributed by atoms with Crippen LogP contribution in [0.25, 0.3) is 0 Å². The summed E-state index contributed by atoms with van der Waals surface area (Å²) in [4.78, 5) is 2.10. The van der Waals surface area contributed by atoms with Crippen molar-refractivity contribution in [1.29, 1.82) is 0 Å². The van der Waals surface area contributed by atoms with Crippen molar-refractivity contribution in [2.24, 2.45) is 0 Å². The third-order valence-electron chi connectivity index (χ3n) is 3.17. The number of nitrogens with one attached hydrogen (secondary N) is 1. The van der Waals surface area contributed by atoms with Crippen molar-refractivity contribution in [2.75, 3.05) is 32.8 Å².